The lowest BCUT2D eigenvalue weighted by Gasteiger charge is -2.06. The zero-order valence-corrected chi connectivity index (χ0v) is 10.2. The Morgan fingerprint density at radius 1 is 1.28 bits per heavy atom. The van der Waals surface area contributed by atoms with Crippen molar-refractivity contribution >= 4 is 23.3 Å². The van der Waals surface area contributed by atoms with Gasteiger partial charge in [-0.3, -0.25) is 4.79 Å². The molecule has 0 saturated carbocycles. The second-order valence-corrected chi connectivity index (χ2v) is 4.02. The molecular weight excluding hydrogens is 257 g/mol. The van der Waals surface area contributed by atoms with Crippen LogP contribution < -0.4 is 5.32 Å². The number of hydrogen-bond acceptors (Lipinski definition) is 3. The van der Waals surface area contributed by atoms with Crippen molar-refractivity contribution in [3.63, 3.8) is 0 Å². The van der Waals surface area contributed by atoms with Crippen LogP contribution in [0.25, 0.3) is 0 Å². The summed E-state index contributed by atoms with van der Waals surface area (Å²) in [5.41, 5.74) is 0.372. The Bertz CT molecular complexity index is 586. The van der Waals surface area contributed by atoms with Gasteiger partial charge in [0.1, 0.15) is 5.82 Å². The van der Waals surface area contributed by atoms with Crippen molar-refractivity contribution in [1.29, 1.82) is 0 Å². The molecule has 2 aromatic rings. The lowest BCUT2D eigenvalue weighted by atomic mass is 10.1. The Morgan fingerprint density at radius 2 is 2.06 bits per heavy atom. The smallest absolute Gasteiger partial charge is 0.259 e. The topological polar surface area (TPSA) is 54.9 Å². The number of benzene rings is 1. The zero-order valence-electron chi connectivity index (χ0n) is 9.45. The molecule has 6 heteroatoms. The quantitative estimate of drug-likeness (QED) is 0.908. The van der Waals surface area contributed by atoms with E-state index in [0.29, 0.717) is 5.56 Å². The summed E-state index contributed by atoms with van der Waals surface area (Å²) < 4.78 is 13.7. The maximum Gasteiger partial charge on any atom is 0.259 e. The van der Waals surface area contributed by atoms with Gasteiger partial charge in [0.05, 0.1) is 5.56 Å². The Hall–Kier alpha value is -2.01. The molecule has 0 radical (unpaired) electrons. The van der Waals surface area contributed by atoms with Gasteiger partial charge in [0.2, 0.25) is 0 Å². The van der Waals surface area contributed by atoms with Gasteiger partial charge < -0.3 is 5.32 Å². The summed E-state index contributed by atoms with van der Waals surface area (Å²) in [4.78, 5) is 11.8. The lowest BCUT2D eigenvalue weighted by Crippen LogP contribution is -2.15. The average molecular weight is 266 g/mol. The molecule has 0 unspecified atom stereocenters. The summed E-state index contributed by atoms with van der Waals surface area (Å²) in [5, 5.41) is 9.89. The standard InChI is InChI=1S/C12H9ClFN3O/c1-7-3-2-4-8(11(7)14)12(18)15-10-6-5-9(13)16-17-10/h2-6H,1H3,(H,15,17,18). The first-order chi connectivity index (χ1) is 8.58. The summed E-state index contributed by atoms with van der Waals surface area (Å²) in [6.45, 7) is 1.59. The third-order valence-corrected chi connectivity index (χ3v) is 2.51. The largest absolute Gasteiger partial charge is 0.305 e. The molecule has 18 heavy (non-hydrogen) atoms. The molecule has 0 fully saturated rings. The van der Waals surface area contributed by atoms with Crippen LogP contribution in [0.3, 0.4) is 0 Å². The molecule has 1 aromatic heterocycles. The van der Waals surface area contributed by atoms with Crippen LogP contribution in [0.1, 0.15) is 15.9 Å². The third kappa shape index (κ3) is 2.62. The monoisotopic (exact) mass is 265 g/mol. The molecule has 0 aliphatic rings. The predicted molar refractivity (Wildman–Crippen MR) is 66.1 cm³/mol. The summed E-state index contributed by atoms with van der Waals surface area (Å²) >= 11 is 5.56. The highest BCUT2D eigenvalue weighted by Crippen LogP contribution is 2.14. The number of amides is 1. The van der Waals surface area contributed by atoms with Gasteiger partial charge in [-0.25, -0.2) is 4.39 Å². The van der Waals surface area contributed by atoms with Gasteiger partial charge in [-0.15, -0.1) is 10.2 Å². The van der Waals surface area contributed by atoms with E-state index in [1.807, 2.05) is 0 Å². The molecule has 92 valence electrons. The third-order valence-electron chi connectivity index (χ3n) is 2.31. The van der Waals surface area contributed by atoms with Gasteiger partial charge in [-0.1, -0.05) is 23.7 Å². The number of halogens is 2. The van der Waals surface area contributed by atoms with Crippen molar-refractivity contribution in [3.05, 3.63) is 52.4 Å². The predicted octanol–water partition coefficient (Wildman–Crippen LogP) is 2.83. The number of nitrogens with zero attached hydrogens (tertiary/aromatic N) is 2. The minimum absolute atomic E-state index is 0.0354. The molecular formula is C12H9ClFN3O. The summed E-state index contributed by atoms with van der Waals surface area (Å²) in [6.07, 6.45) is 0. The maximum absolute atomic E-state index is 13.7. The van der Waals surface area contributed by atoms with Crippen LogP contribution in [0.4, 0.5) is 10.2 Å². The molecule has 0 bridgehead atoms. The molecule has 1 N–H and O–H groups in total. The van der Waals surface area contributed by atoms with E-state index in [2.05, 4.69) is 15.5 Å². The van der Waals surface area contributed by atoms with Crippen molar-refractivity contribution in [2.24, 2.45) is 0 Å². The number of carbonyl (C=O) groups is 1. The fourth-order valence-corrected chi connectivity index (χ4v) is 1.49. The molecule has 0 saturated heterocycles. The van der Waals surface area contributed by atoms with Crippen molar-refractivity contribution in [1.82, 2.24) is 10.2 Å². The van der Waals surface area contributed by atoms with Crippen LogP contribution in [-0.4, -0.2) is 16.1 Å². The molecule has 1 aromatic carbocycles. The molecule has 0 spiro atoms. The molecule has 1 heterocycles. The number of anilines is 1. The maximum atomic E-state index is 13.7. The summed E-state index contributed by atoms with van der Waals surface area (Å²) in [5.74, 6) is -0.907. The van der Waals surface area contributed by atoms with Crippen LogP contribution in [0, 0.1) is 12.7 Å². The number of aryl methyl sites for hydroxylation is 1. The average Bonchev–Trinajstić information content (AvgIpc) is 2.35. The highest BCUT2D eigenvalue weighted by atomic mass is 35.5. The van der Waals surface area contributed by atoms with E-state index in [9.17, 15) is 9.18 Å². The van der Waals surface area contributed by atoms with Crippen molar-refractivity contribution in [2.45, 2.75) is 6.92 Å². The van der Waals surface area contributed by atoms with Crippen LogP contribution in [0.2, 0.25) is 5.15 Å². The van der Waals surface area contributed by atoms with E-state index in [1.54, 1.807) is 19.1 Å². The molecule has 0 atom stereocenters. The Kier molecular flexibility index (Phi) is 3.53. The van der Waals surface area contributed by atoms with Crippen molar-refractivity contribution in [3.8, 4) is 0 Å². The minimum atomic E-state index is -0.576. The SMILES string of the molecule is Cc1cccc(C(=O)Nc2ccc(Cl)nn2)c1F. The normalized spacial score (nSPS) is 10.2. The number of rotatable bonds is 2. The Labute approximate surface area is 108 Å². The van der Waals surface area contributed by atoms with Gasteiger partial charge in [-0.2, -0.15) is 0 Å². The minimum Gasteiger partial charge on any atom is -0.305 e. The van der Waals surface area contributed by atoms with Crippen LogP contribution in [0.15, 0.2) is 30.3 Å². The van der Waals surface area contributed by atoms with Gasteiger partial charge in [0.15, 0.2) is 11.0 Å². The molecule has 4 nitrogen and oxygen atoms in total. The van der Waals surface area contributed by atoms with Crippen LogP contribution in [0.5, 0.6) is 0 Å². The molecule has 0 aliphatic heterocycles. The molecule has 2 rings (SSSR count). The molecule has 0 aliphatic carbocycles. The Balaban J connectivity index is 2.22. The summed E-state index contributed by atoms with van der Waals surface area (Å²) in [6, 6.07) is 7.58. The fourth-order valence-electron chi connectivity index (χ4n) is 1.39. The number of hydrogen-bond donors (Lipinski definition) is 1. The van der Waals surface area contributed by atoms with E-state index in [4.69, 9.17) is 11.6 Å². The van der Waals surface area contributed by atoms with E-state index >= 15 is 0 Å². The van der Waals surface area contributed by atoms with Crippen molar-refractivity contribution in [2.75, 3.05) is 5.32 Å². The second-order valence-electron chi connectivity index (χ2n) is 3.63. The first-order valence-corrected chi connectivity index (χ1v) is 5.51. The Morgan fingerprint density at radius 3 is 2.72 bits per heavy atom. The summed E-state index contributed by atoms with van der Waals surface area (Å²) in [7, 11) is 0. The van der Waals surface area contributed by atoms with E-state index in [1.165, 1.54) is 18.2 Å². The van der Waals surface area contributed by atoms with Gasteiger partial charge in [0, 0.05) is 0 Å². The van der Waals surface area contributed by atoms with E-state index < -0.39 is 11.7 Å². The lowest BCUT2D eigenvalue weighted by molar-refractivity contribution is 0.102. The van der Waals surface area contributed by atoms with Gasteiger partial charge >= 0.3 is 0 Å². The first kappa shape index (κ1) is 12.4. The van der Waals surface area contributed by atoms with Gasteiger partial charge in [-0.05, 0) is 30.7 Å². The zero-order chi connectivity index (χ0) is 13.1. The number of aromatic nitrogens is 2. The number of nitrogens with one attached hydrogen (secondary N) is 1. The van der Waals surface area contributed by atoms with Crippen LogP contribution >= 0.6 is 11.6 Å². The highest BCUT2D eigenvalue weighted by Gasteiger charge is 2.13. The second kappa shape index (κ2) is 5.10. The van der Waals surface area contributed by atoms with Crippen molar-refractivity contribution < 1.29 is 9.18 Å². The van der Waals surface area contributed by atoms with Crippen LogP contribution in [-0.2, 0) is 0 Å². The fraction of sp³-hybridized carbons (Fsp3) is 0.0833. The van der Waals surface area contributed by atoms with Gasteiger partial charge in [0.25, 0.3) is 5.91 Å². The van der Waals surface area contributed by atoms with E-state index in [0.717, 1.165) is 0 Å². The molecule has 1 amide bonds. The first-order valence-electron chi connectivity index (χ1n) is 5.13. The highest BCUT2D eigenvalue weighted by molar-refractivity contribution is 6.29. The number of carbonyl (C=O) groups excluding carboxylic acids is 1. The van der Waals surface area contributed by atoms with E-state index in [-0.39, 0.29) is 16.5 Å².